The molecule has 28 heavy (non-hydrogen) atoms. The number of nitrogens with one attached hydrogen (secondary N) is 1. The molecule has 4 heteroatoms. The second-order valence-corrected chi connectivity index (χ2v) is 7.48. The van der Waals surface area contributed by atoms with E-state index in [9.17, 15) is 9.59 Å². The van der Waals surface area contributed by atoms with Gasteiger partial charge in [-0.05, 0) is 44.7 Å². The second kappa shape index (κ2) is 10.6. The first-order chi connectivity index (χ1) is 13.4. The van der Waals surface area contributed by atoms with Crippen LogP contribution >= 0.6 is 0 Å². The van der Waals surface area contributed by atoms with Gasteiger partial charge < -0.3 is 10.2 Å². The molecule has 0 aromatic heterocycles. The number of carbonyl (C=O) groups is 2. The van der Waals surface area contributed by atoms with E-state index in [4.69, 9.17) is 0 Å². The van der Waals surface area contributed by atoms with E-state index in [2.05, 4.69) is 5.32 Å². The molecule has 0 spiro atoms. The van der Waals surface area contributed by atoms with Gasteiger partial charge in [0.2, 0.25) is 11.8 Å². The quantitative estimate of drug-likeness (QED) is 0.717. The van der Waals surface area contributed by atoms with Gasteiger partial charge in [-0.1, -0.05) is 67.1 Å². The Balaban J connectivity index is 2.13. The third kappa shape index (κ3) is 6.52. The maximum Gasteiger partial charge on any atom is 0.242 e. The molecule has 0 heterocycles. The van der Waals surface area contributed by atoms with Gasteiger partial charge in [-0.15, -0.1) is 0 Å². The van der Waals surface area contributed by atoms with Gasteiger partial charge >= 0.3 is 0 Å². The average molecular weight is 381 g/mol. The summed E-state index contributed by atoms with van der Waals surface area (Å²) in [4.78, 5) is 27.5. The average Bonchev–Trinajstić information content (AvgIpc) is 2.68. The molecule has 1 N–H and O–H groups in total. The lowest BCUT2D eigenvalue weighted by atomic mass is 10.1. The minimum atomic E-state index is -0.505. The first kappa shape index (κ1) is 21.7. The Morgan fingerprint density at radius 3 is 2.32 bits per heavy atom. The fourth-order valence-corrected chi connectivity index (χ4v) is 3.13. The number of carbonyl (C=O) groups excluding carboxylic acids is 2. The Hall–Kier alpha value is -2.62. The molecule has 0 fully saturated rings. The molecule has 0 unspecified atom stereocenters. The van der Waals surface area contributed by atoms with Crippen LogP contribution in [0.1, 0.15) is 43.9 Å². The molecule has 0 aliphatic carbocycles. The first-order valence-electron chi connectivity index (χ1n) is 10.1. The van der Waals surface area contributed by atoms with Gasteiger partial charge in [-0.25, -0.2) is 0 Å². The van der Waals surface area contributed by atoms with Gasteiger partial charge in [-0.3, -0.25) is 9.59 Å². The summed E-state index contributed by atoms with van der Waals surface area (Å²) in [6.45, 7) is 8.36. The van der Waals surface area contributed by atoms with Crippen molar-refractivity contribution in [2.45, 2.75) is 59.0 Å². The number of rotatable bonds is 9. The largest absolute Gasteiger partial charge is 0.352 e. The lowest BCUT2D eigenvalue weighted by Gasteiger charge is -2.30. The number of hydrogen-bond acceptors (Lipinski definition) is 2. The van der Waals surface area contributed by atoms with E-state index in [0.717, 1.165) is 29.5 Å². The third-order valence-electron chi connectivity index (χ3n) is 5.09. The number of nitrogens with zero attached hydrogens (tertiary/aromatic N) is 1. The summed E-state index contributed by atoms with van der Waals surface area (Å²) in [7, 11) is 0. The molecule has 0 aliphatic heterocycles. The number of benzene rings is 2. The van der Waals surface area contributed by atoms with Gasteiger partial charge in [0, 0.05) is 12.6 Å². The summed E-state index contributed by atoms with van der Waals surface area (Å²) in [5, 5.41) is 3.00. The summed E-state index contributed by atoms with van der Waals surface area (Å²) in [5.74, 6) is -0.117. The normalized spacial score (nSPS) is 12.9. The van der Waals surface area contributed by atoms with Crippen LogP contribution in [0, 0.1) is 6.92 Å². The predicted octanol–water partition coefficient (Wildman–Crippen LogP) is 3.91. The van der Waals surface area contributed by atoms with Crippen LogP contribution in [-0.2, 0) is 22.4 Å². The van der Waals surface area contributed by atoms with Gasteiger partial charge in [0.25, 0.3) is 0 Å². The highest BCUT2D eigenvalue weighted by Crippen LogP contribution is 2.11. The van der Waals surface area contributed by atoms with E-state index in [1.54, 1.807) is 4.90 Å². The van der Waals surface area contributed by atoms with Crippen LogP contribution in [0.4, 0.5) is 0 Å². The number of amides is 2. The second-order valence-electron chi connectivity index (χ2n) is 7.48. The van der Waals surface area contributed by atoms with E-state index >= 15 is 0 Å². The molecule has 2 aromatic carbocycles. The molecular formula is C24H32N2O2. The highest BCUT2D eigenvalue weighted by Gasteiger charge is 2.26. The van der Waals surface area contributed by atoms with Crippen molar-refractivity contribution in [3.8, 4) is 0 Å². The number of aryl methyl sites for hydroxylation is 1. The van der Waals surface area contributed by atoms with Crippen molar-refractivity contribution in [2.75, 3.05) is 6.54 Å². The summed E-state index contributed by atoms with van der Waals surface area (Å²) < 4.78 is 0. The van der Waals surface area contributed by atoms with Crippen LogP contribution in [0.5, 0.6) is 0 Å². The molecule has 0 saturated heterocycles. The molecule has 2 aromatic rings. The van der Waals surface area contributed by atoms with Gasteiger partial charge in [0.05, 0.1) is 6.42 Å². The third-order valence-corrected chi connectivity index (χ3v) is 5.09. The Morgan fingerprint density at radius 1 is 1.00 bits per heavy atom. The van der Waals surface area contributed by atoms with E-state index in [1.165, 1.54) is 0 Å². The zero-order valence-electron chi connectivity index (χ0n) is 17.4. The molecule has 0 aliphatic rings. The van der Waals surface area contributed by atoms with Crippen LogP contribution in [0.2, 0.25) is 0 Å². The summed E-state index contributed by atoms with van der Waals surface area (Å²) in [5.41, 5.74) is 3.26. The molecule has 0 saturated carbocycles. The fourth-order valence-electron chi connectivity index (χ4n) is 3.13. The van der Waals surface area contributed by atoms with Crippen LogP contribution < -0.4 is 5.32 Å². The standard InChI is InChI=1S/C24H32N2O2/c1-5-19(3)25-24(28)20(4)26(15-14-21-11-7-6-8-12-21)23(27)17-22-13-9-10-18(2)16-22/h6-13,16,19-20H,5,14-15,17H2,1-4H3,(H,25,28)/t19-,20-/m0/s1. The van der Waals surface area contributed by atoms with Gasteiger partial charge in [-0.2, -0.15) is 0 Å². The van der Waals surface area contributed by atoms with Crippen molar-refractivity contribution in [2.24, 2.45) is 0 Å². The molecule has 4 nitrogen and oxygen atoms in total. The maximum atomic E-state index is 13.1. The summed E-state index contributed by atoms with van der Waals surface area (Å²) in [6.07, 6.45) is 1.89. The van der Waals surface area contributed by atoms with Crippen molar-refractivity contribution < 1.29 is 9.59 Å². The van der Waals surface area contributed by atoms with E-state index in [-0.39, 0.29) is 17.9 Å². The topological polar surface area (TPSA) is 49.4 Å². The predicted molar refractivity (Wildman–Crippen MR) is 114 cm³/mol. The van der Waals surface area contributed by atoms with Crippen molar-refractivity contribution in [3.05, 3.63) is 71.3 Å². The molecule has 150 valence electrons. The maximum absolute atomic E-state index is 13.1. The smallest absolute Gasteiger partial charge is 0.242 e. The monoisotopic (exact) mass is 380 g/mol. The zero-order valence-corrected chi connectivity index (χ0v) is 17.4. The molecule has 2 amide bonds. The Kier molecular flexibility index (Phi) is 8.24. The lowest BCUT2D eigenvalue weighted by Crippen LogP contribution is -2.50. The Labute approximate surface area is 169 Å². The highest BCUT2D eigenvalue weighted by atomic mass is 16.2. The van der Waals surface area contributed by atoms with E-state index in [0.29, 0.717) is 13.0 Å². The zero-order chi connectivity index (χ0) is 20.5. The van der Waals surface area contributed by atoms with Crippen LogP contribution in [0.3, 0.4) is 0 Å². The van der Waals surface area contributed by atoms with Crippen molar-refractivity contribution >= 4 is 11.8 Å². The Bertz CT molecular complexity index is 773. The van der Waals surface area contributed by atoms with Crippen molar-refractivity contribution in [1.82, 2.24) is 10.2 Å². The number of hydrogen-bond donors (Lipinski definition) is 1. The van der Waals surface area contributed by atoms with Crippen molar-refractivity contribution in [1.29, 1.82) is 0 Å². The molecular weight excluding hydrogens is 348 g/mol. The van der Waals surface area contributed by atoms with Crippen molar-refractivity contribution in [3.63, 3.8) is 0 Å². The highest BCUT2D eigenvalue weighted by molar-refractivity contribution is 5.88. The van der Waals surface area contributed by atoms with E-state index < -0.39 is 6.04 Å². The molecule has 2 atom stereocenters. The SMILES string of the molecule is CC[C@H](C)NC(=O)[C@H](C)N(CCc1ccccc1)C(=O)Cc1cccc(C)c1. The van der Waals surface area contributed by atoms with E-state index in [1.807, 2.05) is 82.3 Å². The molecule has 0 radical (unpaired) electrons. The molecule has 2 rings (SSSR count). The first-order valence-corrected chi connectivity index (χ1v) is 10.1. The van der Waals surface area contributed by atoms with Gasteiger partial charge in [0.15, 0.2) is 0 Å². The fraction of sp³-hybridized carbons (Fsp3) is 0.417. The lowest BCUT2D eigenvalue weighted by molar-refractivity contribution is -0.139. The minimum absolute atomic E-state index is 0.0201. The summed E-state index contributed by atoms with van der Waals surface area (Å²) in [6, 6.07) is 17.6. The molecule has 0 bridgehead atoms. The van der Waals surface area contributed by atoms with Crippen LogP contribution in [-0.4, -0.2) is 35.3 Å². The minimum Gasteiger partial charge on any atom is -0.352 e. The van der Waals surface area contributed by atoms with Crippen LogP contribution in [0.25, 0.3) is 0 Å². The Morgan fingerprint density at radius 2 is 1.68 bits per heavy atom. The van der Waals surface area contributed by atoms with Crippen LogP contribution in [0.15, 0.2) is 54.6 Å². The van der Waals surface area contributed by atoms with Gasteiger partial charge in [0.1, 0.15) is 6.04 Å². The summed E-state index contributed by atoms with van der Waals surface area (Å²) >= 11 is 0.